The van der Waals surface area contributed by atoms with Crippen LogP contribution in [0.5, 0.6) is 17.2 Å². The van der Waals surface area contributed by atoms with Crippen LogP contribution >= 0.6 is 11.6 Å². The standard InChI is InChI=1S/C33H39ClFN3O7S/c1-22(33(40)36-26-8-6-5-7-9-26)37(20-23-10-13-25(35)14-11-23)32(39)21-38(28-18-24(34)12-16-29(28)43-2)46(41,42)27-15-17-30(44-3)31(19-27)45-4/h10-19,22,26H,5-9,20-21H2,1-4H3,(H,36,40)/t22-/m1/s1. The molecule has 1 fully saturated rings. The molecule has 13 heteroatoms. The van der Waals surface area contributed by atoms with Gasteiger partial charge in [0, 0.05) is 23.7 Å². The molecular weight excluding hydrogens is 637 g/mol. The highest BCUT2D eigenvalue weighted by molar-refractivity contribution is 7.92. The molecule has 1 saturated carbocycles. The third kappa shape index (κ3) is 8.21. The van der Waals surface area contributed by atoms with Gasteiger partial charge < -0.3 is 24.4 Å². The van der Waals surface area contributed by atoms with Crippen molar-refractivity contribution in [3.8, 4) is 17.2 Å². The number of methoxy groups -OCH3 is 3. The zero-order chi connectivity index (χ0) is 33.4. The van der Waals surface area contributed by atoms with Gasteiger partial charge in [-0.3, -0.25) is 13.9 Å². The number of carbonyl (C=O) groups excluding carboxylic acids is 2. The van der Waals surface area contributed by atoms with Gasteiger partial charge in [-0.2, -0.15) is 0 Å². The number of carbonyl (C=O) groups is 2. The topological polar surface area (TPSA) is 114 Å². The van der Waals surface area contributed by atoms with Crippen molar-refractivity contribution in [2.24, 2.45) is 0 Å². The van der Waals surface area contributed by atoms with E-state index in [0.717, 1.165) is 36.4 Å². The minimum atomic E-state index is -4.48. The molecule has 0 bridgehead atoms. The Kier molecular flexibility index (Phi) is 11.7. The molecule has 1 aliphatic carbocycles. The van der Waals surface area contributed by atoms with E-state index in [2.05, 4.69) is 5.32 Å². The molecule has 46 heavy (non-hydrogen) atoms. The molecule has 4 rings (SSSR count). The minimum absolute atomic E-state index is 0.0101. The molecule has 1 aliphatic rings. The largest absolute Gasteiger partial charge is 0.495 e. The van der Waals surface area contributed by atoms with E-state index < -0.39 is 34.3 Å². The Hall–Kier alpha value is -4.03. The lowest BCUT2D eigenvalue weighted by Gasteiger charge is -2.33. The molecule has 0 aliphatic heterocycles. The summed E-state index contributed by atoms with van der Waals surface area (Å²) in [5.74, 6) is -0.871. The molecule has 3 aromatic carbocycles. The van der Waals surface area contributed by atoms with Crippen LogP contribution in [-0.4, -0.2) is 65.1 Å². The van der Waals surface area contributed by atoms with Crippen LogP contribution in [0.1, 0.15) is 44.6 Å². The number of hydrogen-bond acceptors (Lipinski definition) is 7. The first kappa shape index (κ1) is 34.8. The Labute approximate surface area is 274 Å². The van der Waals surface area contributed by atoms with Gasteiger partial charge >= 0.3 is 0 Å². The first-order valence-electron chi connectivity index (χ1n) is 14.9. The van der Waals surface area contributed by atoms with Gasteiger partial charge in [-0.1, -0.05) is 43.0 Å². The summed E-state index contributed by atoms with van der Waals surface area (Å²) in [6, 6.07) is 13.0. The van der Waals surface area contributed by atoms with Gasteiger partial charge in [0.05, 0.1) is 31.9 Å². The lowest BCUT2D eigenvalue weighted by Crippen LogP contribution is -2.53. The number of rotatable bonds is 13. The van der Waals surface area contributed by atoms with Crippen LogP contribution in [0.3, 0.4) is 0 Å². The molecule has 1 N–H and O–H groups in total. The normalized spacial score (nSPS) is 14.2. The number of nitrogens with one attached hydrogen (secondary N) is 1. The zero-order valence-corrected chi connectivity index (χ0v) is 27.9. The van der Waals surface area contributed by atoms with Gasteiger partial charge in [0.1, 0.15) is 24.2 Å². The molecule has 0 spiro atoms. The van der Waals surface area contributed by atoms with E-state index in [1.165, 1.54) is 86.9 Å². The Morgan fingerprint density at radius 3 is 2.17 bits per heavy atom. The van der Waals surface area contributed by atoms with Crippen molar-refractivity contribution in [1.82, 2.24) is 10.2 Å². The van der Waals surface area contributed by atoms with Crippen LogP contribution in [-0.2, 0) is 26.2 Å². The first-order chi connectivity index (χ1) is 22.0. The van der Waals surface area contributed by atoms with Crippen molar-refractivity contribution < 1.29 is 36.6 Å². The third-order valence-electron chi connectivity index (χ3n) is 8.02. The summed E-state index contributed by atoms with van der Waals surface area (Å²) >= 11 is 6.31. The van der Waals surface area contributed by atoms with Gasteiger partial charge in [0.2, 0.25) is 11.8 Å². The summed E-state index contributed by atoms with van der Waals surface area (Å²) in [4.78, 5) is 28.9. The summed E-state index contributed by atoms with van der Waals surface area (Å²) < 4.78 is 59.4. The molecule has 0 saturated heterocycles. The van der Waals surface area contributed by atoms with Gasteiger partial charge in [-0.15, -0.1) is 0 Å². The van der Waals surface area contributed by atoms with Crippen molar-refractivity contribution in [1.29, 1.82) is 0 Å². The van der Waals surface area contributed by atoms with E-state index in [1.807, 2.05) is 0 Å². The second-order valence-corrected chi connectivity index (χ2v) is 13.3. The predicted molar refractivity (Wildman–Crippen MR) is 174 cm³/mol. The molecule has 248 valence electrons. The molecule has 2 amide bonds. The van der Waals surface area contributed by atoms with E-state index >= 15 is 0 Å². The number of amides is 2. The fourth-order valence-electron chi connectivity index (χ4n) is 5.41. The molecule has 0 unspecified atom stereocenters. The molecule has 0 radical (unpaired) electrons. The van der Waals surface area contributed by atoms with E-state index in [1.54, 1.807) is 6.92 Å². The van der Waals surface area contributed by atoms with Crippen LogP contribution in [0.4, 0.5) is 10.1 Å². The average Bonchev–Trinajstić information content (AvgIpc) is 3.06. The van der Waals surface area contributed by atoms with E-state index in [9.17, 15) is 22.4 Å². The van der Waals surface area contributed by atoms with Crippen LogP contribution in [0.2, 0.25) is 5.02 Å². The zero-order valence-electron chi connectivity index (χ0n) is 26.3. The predicted octanol–water partition coefficient (Wildman–Crippen LogP) is 5.57. The van der Waals surface area contributed by atoms with E-state index in [-0.39, 0.29) is 45.6 Å². The fourth-order valence-corrected chi connectivity index (χ4v) is 7.01. The lowest BCUT2D eigenvalue weighted by molar-refractivity contribution is -0.139. The highest BCUT2D eigenvalue weighted by atomic mass is 35.5. The quantitative estimate of drug-likeness (QED) is 0.252. The monoisotopic (exact) mass is 675 g/mol. The molecule has 1 atom stereocenters. The number of sulfonamides is 1. The maximum atomic E-state index is 14.3. The maximum absolute atomic E-state index is 14.3. The number of benzene rings is 3. The van der Waals surface area contributed by atoms with Crippen molar-refractivity contribution >= 4 is 39.1 Å². The van der Waals surface area contributed by atoms with Gasteiger partial charge in [0.25, 0.3) is 10.0 Å². The van der Waals surface area contributed by atoms with Crippen molar-refractivity contribution in [2.75, 3.05) is 32.2 Å². The van der Waals surface area contributed by atoms with Crippen molar-refractivity contribution in [2.45, 2.75) is 62.6 Å². The second-order valence-electron chi connectivity index (χ2n) is 11.0. The lowest BCUT2D eigenvalue weighted by atomic mass is 9.95. The summed E-state index contributed by atoms with van der Waals surface area (Å²) in [5.41, 5.74) is 0.570. The second kappa shape index (κ2) is 15.5. The van der Waals surface area contributed by atoms with Crippen LogP contribution in [0.25, 0.3) is 0 Å². The van der Waals surface area contributed by atoms with Gasteiger partial charge in [-0.25, -0.2) is 12.8 Å². The highest BCUT2D eigenvalue weighted by Gasteiger charge is 2.35. The smallest absolute Gasteiger partial charge is 0.265 e. The number of hydrogen-bond donors (Lipinski definition) is 1. The van der Waals surface area contributed by atoms with Crippen LogP contribution in [0, 0.1) is 5.82 Å². The summed E-state index contributed by atoms with van der Waals surface area (Å²) in [6.07, 6.45) is 4.80. The summed E-state index contributed by atoms with van der Waals surface area (Å²) in [6.45, 7) is 0.803. The SMILES string of the molecule is COc1ccc(S(=O)(=O)N(CC(=O)N(Cc2ccc(F)cc2)[C@H](C)C(=O)NC2CCCCC2)c2cc(Cl)ccc2OC)cc1OC. The van der Waals surface area contributed by atoms with Gasteiger partial charge in [-0.05, 0) is 67.8 Å². The summed E-state index contributed by atoms with van der Waals surface area (Å²) in [7, 11) is -0.303. The van der Waals surface area contributed by atoms with E-state index in [0.29, 0.717) is 11.3 Å². The average molecular weight is 676 g/mol. The molecular formula is C33H39ClFN3O7S. The van der Waals surface area contributed by atoms with E-state index in [4.69, 9.17) is 25.8 Å². The van der Waals surface area contributed by atoms with Crippen molar-refractivity contribution in [3.05, 3.63) is 77.1 Å². The number of halogens is 2. The number of ether oxygens (including phenoxy) is 3. The maximum Gasteiger partial charge on any atom is 0.265 e. The Morgan fingerprint density at radius 1 is 0.913 bits per heavy atom. The van der Waals surface area contributed by atoms with Crippen LogP contribution < -0.4 is 23.8 Å². The molecule has 10 nitrogen and oxygen atoms in total. The Morgan fingerprint density at radius 2 is 1.54 bits per heavy atom. The minimum Gasteiger partial charge on any atom is -0.495 e. The van der Waals surface area contributed by atoms with Gasteiger partial charge in [0.15, 0.2) is 11.5 Å². The van der Waals surface area contributed by atoms with Crippen molar-refractivity contribution in [3.63, 3.8) is 0 Å². The Balaban J connectivity index is 1.76. The summed E-state index contributed by atoms with van der Waals surface area (Å²) in [5, 5.41) is 3.26. The highest BCUT2D eigenvalue weighted by Crippen LogP contribution is 2.37. The third-order valence-corrected chi connectivity index (χ3v) is 10.0. The molecule has 0 aromatic heterocycles. The van der Waals surface area contributed by atoms with Crippen LogP contribution in [0.15, 0.2) is 65.6 Å². The Bertz CT molecular complexity index is 1630. The first-order valence-corrected chi connectivity index (χ1v) is 16.7. The molecule has 0 heterocycles. The number of nitrogens with zero attached hydrogens (tertiary/aromatic N) is 2. The molecule has 3 aromatic rings. The fraction of sp³-hybridized carbons (Fsp3) is 0.394. The number of anilines is 1.